The average molecular weight is 271 g/mol. The molecule has 1 atom stereocenters. The summed E-state index contributed by atoms with van der Waals surface area (Å²) in [6.45, 7) is 13.5. The van der Waals surface area contributed by atoms with E-state index in [9.17, 15) is 0 Å². The smallest absolute Gasteiger partial charge is 0.180 e. The first-order chi connectivity index (χ1) is 8.13. The minimum absolute atomic E-state index is 0.498. The molecule has 0 aliphatic carbocycles. The molecule has 0 saturated carbocycles. The quantitative estimate of drug-likeness (QED) is 0.492. The van der Waals surface area contributed by atoms with Crippen molar-refractivity contribution in [3.8, 4) is 0 Å². The van der Waals surface area contributed by atoms with E-state index < -0.39 is 15.4 Å². The Balaban J connectivity index is 2.97. The summed E-state index contributed by atoms with van der Waals surface area (Å²) in [6.07, 6.45) is 4.90. The molecule has 100 valence electrons. The summed E-state index contributed by atoms with van der Waals surface area (Å²) >= 11 is 0. The van der Waals surface area contributed by atoms with Gasteiger partial charge in [-0.1, -0.05) is 51.9 Å². The minimum Gasteiger partial charge on any atom is -0.416 e. The van der Waals surface area contributed by atoms with Gasteiger partial charge in [0.15, 0.2) is 7.83 Å². The van der Waals surface area contributed by atoms with Gasteiger partial charge < -0.3 is 4.43 Å². The maximum Gasteiger partial charge on any atom is 0.180 e. The van der Waals surface area contributed by atoms with Gasteiger partial charge in [0.25, 0.3) is 0 Å². The lowest BCUT2D eigenvalue weighted by Crippen LogP contribution is -2.67. The third-order valence-electron chi connectivity index (χ3n) is 5.23. The zero-order valence-electron chi connectivity index (χ0n) is 12.2. The molecule has 3 heteroatoms. The maximum absolute atomic E-state index is 6.74. The second kappa shape index (κ2) is 6.34. The topological polar surface area (TPSA) is 9.23 Å². The van der Waals surface area contributed by atoms with Gasteiger partial charge in [0.05, 0.1) is 7.59 Å². The molecule has 17 heavy (non-hydrogen) atoms. The summed E-state index contributed by atoms with van der Waals surface area (Å²) in [5.74, 6) is 0. The van der Waals surface area contributed by atoms with Crippen LogP contribution in [0.5, 0.6) is 0 Å². The zero-order chi connectivity index (χ0) is 12.9. The minimum atomic E-state index is -1.42. The van der Waals surface area contributed by atoms with Crippen molar-refractivity contribution in [1.82, 2.24) is 0 Å². The SMILES string of the molecule is C=CCC1CC[Si](CC)(CC)[Si](CC)(CC)O1. The summed E-state index contributed by atoms with van der Waals surface area (Å²) in [7, 11) is -2.52. The van der Waals surface area contributed by atoms with Crippen LogP contribution in [0.15, 0.2) is 12.7 Å². The molecule has 1 rings (SSSR count). The molecule has 0 radical (unpaired) electrons. The Bertz CT molecular complexity index is 245. The lowest BCUT2D eigenvalue weighted by molar-refractivity contribution is 0.183. The highest BCUT2D eigenvalue weighted by molar-refractivity contribution is 7.40. The highest BCUT2D eigenvalue weighted by Gasteiger charge is 2.55. The molecule has 1 fully saturated rings. The predicted octanol–water partition coefficient (Wildman–Crippen LogP) is 4.90. The molecule has 1 unspecified atom stereocenters. The molecule has 0 aromatic rings. The van der Waals surface area contributed by atoms with Crippen LogP contribution in [0.1, 0.15) is 40.5 Å². The van der Waals surface area contributed by atoms with Crippen LogP contribution in [0.3, 0.4) is 0 Å². The van der Waals surface area contributed by atoms with E-state index in [0.717, 1.165) is 6.42 Å². The fourth-order valence-electron chi connectivity index (χ4n) is 3.93. The van der Waals surface area contributed by atoms with Crippen LogP contribution >= 0.6 is 0 Å². The van der Waals surface area contributed by atoms with E-state index in [-0.39, 0.29) is 0 Å². The normalized spacial score (nSPS) is 26.7. The van der Waals surface area contributed by atoms with Gasteiger partial charge in [0, 0.05) is 6.10 Å². The van der Waals surface area contributed by atoms with E-state index in [1.54, 1.807) is 0 Å². The Morgan fingerprint density at radius 3 is 2.12 bits per heavy atom. The summed E-state index contributed by atoms with van der Waals surface area (Å²) < 4.78 is 6.74. The number of hydrogen-bond donors (Lipinski definition) is 0. The molecular formula is C14H30OSi2. The van der Waals surface area contributed by atoms with Crippen molar-refractivity contribution < 1.29 is 4.43 Å². The van der Waals surface area contributed by atoms with Crippen molar-refractivity contribution in [1.29, 1.82) is 0 Å². The van der Waals surface area contributed by atoms with Gasteiger partial charge in [-0.05, 0) is 24.9 Å². The van der Waals surface area contributed by atoms with E-state index in [1.165, 1.54) is 36.6 Å². The molecule has 1 heterocycles. The highest BCUT2D eigenvalue weighted by Crippen LogP contribution is 2.43. The summed E-state index contributed by atoms with van der Waals surface area (Å²) in [5.41, 5.74) is 0. The van der Waals surface area contributed by atoms with Gasteiger partial charge in [-0.15, -0.1) is 6.58 Å². The monoisotopic (exact) mass is 270 g/mol. The van der Waals surface area contributed by atoms with Crippen molar-refractivity contribution in [3.05, 3.63) is 12.7 Å². The Labute approximate surface area is 110 Å². The zero-order valence-corrected chi connectivity index (χ0v) is 14.2. The van der Waals surface area contributed by atoms with Crippen molar-refractivity contribution in [3.63, 3.8) is 0 Å². The third kappa shape index (κ3) is 2.61. The van der Waals surface area contributed by atoms with Crippen molar-refractivity contribution in [2.45, 2.75) is 76.9 Å². The van der Waals surface area contributed by atoms with Gasteiger partial charge in [-0.2, -0.15) is 0 Å². The van der Waals surface area contributed by atoms with Crippen LogP contribution in [0, 0.1) is 0 Å². The molecule has 1 nitrogen and oxygen atoms in total. The first-order valence-electron chi connectivity index (χ1n) is 7.42. The van der Waals surface area contributed by atoms with E-state index in [1.807, 2.05) is 6.08 Å². The first-order valence-corrected chi connectivity index (χ1v) is 13.4. The van der Waals surface area contributed by atoms with Crippen molar-refractivity contribution >= 4 is 15.4 Å². The summed E-state index contributed by atoms with van der Waals surface area (Å²) in [6, 6.07) is 7.08. The lowest BCUT2D eigenvalue weighted by Gasteiger charge is -2.52. The van der Waals surface area contributed by atoms with Crippen LogP contribution < -0.4 is 0 Å². The molecule has 0 N–H and O–H groups in total. The molecule has 0 aromatic carbocycles. The van der Waals surface area contributed by atoms with Crippen LogP contribution in [0.25, 0.3) is 0 Å². The van der Waals surface area contributed by atoms with Crippen molar-refractivity contribution in [2.75, 3.05) is 0 Å². The highest BCUT2D eigenvalue weighted by atomic mass is 29.3. The molecule has 0 aromatic heterocycles. The fraction of sp³-hybridized carbons (Fsp3) is 0.857. The third-order valence-corrected chi connectivity index (χ3v) is 25.3. The lowest BCUT2D eigenvalue weighted by atomic mass is 10.2. The van der Waals surface area contributed by atoms with Gasteiger partial charge in [-0.25, -0.2) is 0 Å². The van der Waals surface area contributed by atoms with Crippen molar-refractivity contribution in [2.24, 2.45) is 0 Å². The molecule has 0 bridgehead atoms. The molecule has 0 spiro atoms. The van der Waals surface area contributed by atoms with Gasteiger partial charge in [0.1, 0.15) is 0 Å². The average Bonchev–Trinajstić information content (AvgIpc) is 2.39. The number of rotatable bonds is 6. The molecule has 1 aliphatic heterocycles. The van der Waals surface area contributed by atoms with Gasteiger partial charge >= 0.3 is 0 Å². The molecule has 1 saturated heterocycles. The Morgan fingerprint density at radius 2 is 1.71 bits per heavy atom. The van der Waals surface area contributed by atoms with Gasteiger partial charge in [0.2, 0.25) is 0 Å². The van der Waals surface area contributed by atoms with E-state index in [0.29, 0.717) is 6.10 Å². The number of hydrogen-bond acceptors (Lipinski definition) is 1. The van der Waals surface area contributed by atoms with Gasteiger partial charge in [-0.3, -0.25) is 0 Å². The van der Waals surface area contributed by atoms with Crippen LogP contribution in [-0.4, -0.2) is 21.5 Å². The summed E-state index contributed by atoms with van der Waals surface area (Å²) in [5, 5.41) is 0. The van der Waals surface area contributed by atoms with Crippen LogP contribution in [-0.2, 0) is 4.43 Å². The molecule has 0 amide bonds. The first kappa shape index (κ1) is 15.2. The predicted molar refractivity (Wildman–Crippen MR) is 82.5 cm³/mol. The van der Waals surface area contributed by atoms with E-state index in [4.69, 9.17) is 4.43 Å². The fourth-order valence-corrected chi connectivity index (χ4v) is 22.6. The van der Waals surface area contributed by atoms with Crippen LogP contribution in [0.2, 0.25) is 30.2 Å². The second-order valence-corrected chi connectivity index (χ2v) is 19.5. The maximum atomic E-state index is 6.74. The van der Waals surface area contributed by atoms with E-state index >= 15 is 0 Å². The molecule has 1 aliphatic rings. The Kier molecular flexibility index (Phi) is 5.67. The second-order valence-electron chi connectivity index (χ2n) is 5.49. The summed E-state index contributed by atoms with van der Waals surface area (Å²) in [4.78, 5) is 0. The van der Waals surface area contributed by atoms with Crippen LogP contribution in [0.4, 0.5) is 0 Å². The Hall–Kier alpha value is 0.134. The Morgan fingerprint density at radius 1 is 1.12 bits per heavy atom. The largest absolute Gasteiger partial charge is 0.416 e. The standard InChI is InChI=1S/C14H30OSi2/c1-6-11-14-12-13-16(7-2,8-3)17(9-4,10-5)15-14/h6,14H,1,7-13H2,2-5H3. The van der Waals surface area contributed by atoms with E-state index in [2.05, 4.69) is 34.3 Å². The molecular weight excluding hydrogens is 240 g/mol.